The Labute approximate surface area is 134 Å². The number of nitrogens with one attached hydrogen (secondary N) is 1. The summed E-state index contributed by atoms with van der Waals surface area (Å²) in [5.41, 5.74) is 3.25. The van der Waals surface area contributed by atoms with Crippen LogP contribution >= 0.6 is 11.8 Å². The number of amides is 1. The van der Waals surface area contributed by atoms with Crippen molar-refractivity contribution < 1.29 is 9.59 Å². The van der Waals surface area contributed by atoms with Crippen LogP contribution in [0.3, 0.4) is 0 Å². The van der Waals surface area contributed by atoms with Crippen molar-refractivity contribution >= 4 is 29.1 Å². The predicted molar refractivity (Wildman–Crippen MR) is 89.9 cm³/mol. The fourth-order valence-electron chi connectivity index (χ4n) is 2.49. The van der Waals surface area contributed by atoms with E-state index in [2.05, 4.69) is 12.2 Å². The number of benzene rings is 2. The molecule has 0 saturated carbocycles. The Balaban J connectivity index is 1.86. The number of aryl methyl sites for hydroxylation is 1. The van der Waals surface area contributed by atoms with Gasteiger partial charge in [0.15, 0.2) is 5.78 Å². The largest absolute Gasteiger partial charge is 0.322 e. The molecular formula is C18H17NO2S. The minimum Gasteiger partial charge on any atom is -0.322 e. The van der Waals surface area contributed by atoms with Crippen LogP contribution in [0.1, 0.15) is 39.6 Å². The number of hydrogen-bond acceptors (Lipinski definition) is 3. The van der Waals surface area contributed by atoms with Crippen LogP contribution in [-0.2, 0) is 6.42 Å². The van der Waals surface area contributed by atoms with Gasteiger partial charge in [-0.05, 0) is 30.2 Å². The van der Waals surface area contributed by atoms with Gasteiger partial charge in [-0.3, -0.25) is 9.59 Å². The van der Waals surface area contributed by atoms with Gasteiger partial charge in [0, 0.05) is 28.3 Å². The summed E-state index contributed by atoms with van der Waals surface area (Å²) in [6.07, 6.45) is 1.51. The van der Waals surface area contributed by atoms with Crippen LogP contribution in [0, 0.1) is 0 Å². The van der Waals surface area contributed by atoms with Gasteiger partial charge in [-0.25, -0.2) is 0 Å². The Morgan fingerprint density at radius 3 is 2.68 bits per heavy atom. The average Bonchev–Trinajstić information content (AvgIpc) is 2.55. The molecule has 2 aromatic carbocycles. The topological polar surface area (TPSA) is 46.2 Å². The quantitative estimate of drug-likeness (QED) is 0.925. The first kappa shape index (κ1) is 14.9. The summed E-state index contributed by atoms with van der Waals surface area (Å²) in [5, 5.41) is 2.91. The molecule has 0 unspecified atom stereocenters. The maximum absolute atomic E-state index is 12.5. The van der Waals surface area contributed by atoms with Crippen molar-refractivity contribution in [1.82, 2.24) is 0 Å². The van der Waals surface area contributed by atoms with Crippen molar-refractivity contribution in [2.24, 2.45) is 0 Å². The number of thioether (sulfide) groups is 1. The standard InChI is InChI=1S/C18H17NO2S/c1-2-12-6-8-13(9-7-12)19-18(21)15-5-3-4-14-16(20)10-11-22-17(14)15/h3-9H,2,10-11H2,1H3,(H,19,21). The highest BCUT2D eigenvalue weighted by atomic mass is 32.2. The lowest BCUT2D eigenvalue weighted by molar-refractivity contribution is 0.0984. The maximum atomic E-state index is 12.5. The zero-order valence-corrected chi connectivity index (χ0v) is 13.2. The smallest absolute Gasteiger partial charge is 0.256 e. The second-order valence-corrected chi connectivity index (χ2v) is 6.31. The van der Waals surface area contributed by atoms with E-state index in [1.165, 1.54) is 5.56 Å². The van der Waals surface area contributed by atoms with E-state index in [1.54, 1.807) is 30.0 Å². The zero-order chi connectivity index (χ0) is 15.5. The molecule has 0 spiro atoms. The second-order valence-electron chi connectivity index (χ2n) is 5.21. The van der Waals surface area contributed by atoms with E-state index in [0.29, 0.717) is 17.5 Å². The number of rotatable bonds is 3. The number of ketones is 1. The van der Waals surface area contributed by atoms with Gasteiger partial charge in [-0.1, -0.05) is 31.2 Å². The fourth-order valence-corrected chi connectivity index (χ4v) is 3.64. The molecule has 3 rings (SSSR count). The summed E-state index contributed by atoms with van der Waals surface area (Å²) < 4.78 is 0. The molecule has 22 heavy (non-hydrogen) atoms. The molecule has 0 fully saturated rings. The molecule has 3 nitrogen and oxygen atoms in total. The third kappa shape index (κ3) is 2.92. The van der Waals surface area contributed by atoms with Crippen LogP contribution in [0.2, 0.25) is 0 Å². The van der Waals surface area contributed by atoms with Gasteiger partial charge in [0.25, 0.3) is 5.91 Å². The number of hydrogen-bond donors (Lipinski definition) is 1. The first-order valence-electron chi connectivity index (χ1n) is 7.38. The number of anilines is 1. The van der Waals surface area contributed by atoms with Gasteiger partial charge in [0.2, 0.25) is 0 Å². The Bertz CT molecular complexity index is 722. The molecule has 0 radical (unpaired) electrons. The lowest BCUT2D eigenvalue weighted by Crippen LogP contribution is -2.17. The second kappa shape index (κ2) is 6.36. The number of fused-ring (bicyclic) bond motifs is 1. The first-order valence-corrected chi connectivity index (χ1v) is 8.37. The summed E-state index contributed by atoms with van der Waals surface area (Å²) in [7, 11) is 0. The highest BCUT2D eigenvalue weighted by molar-refractivity contribution is 7.99. The van der Waals surface area contributed by atoms with Crippen molar-refractivity contribution in [3.05, 3.63) is 59.2 Å². The predicted octanol–water partition coefficient (Wildman–Crippen LogP) is 4.18. The summed E-state index contributed by atoms with van der Waals surface area (Å²) >= 11 is 1.58. The monoisotopic (exact) mass is 311 g/mol. The van der Waals surface area contributed by atoms with Crippen molar-refractivity contribution in [3.8, 4) is 0 Å². The molecule has 2 aromatic rings. The molecule has 1 amide bonds. The van der Waals surface area contributed by atoms with Gasteiger partial charge in [-0.2, -0.15) is 0 Å². The molecule has 4 heteroatoms. The Morgan fingerprint density at radius 1 is 1.18 bits per heavy atom. The number of carbonyl (C=O) groups excluding carboxylic acids is 2. The molecule has 0 aliphatic carbocycles. The molecule has 0 saturated heterocycles. The summed E-state index contributed by atoms with van der Waals surface area (Å²) in [6.45, 7) is 2.10. The highest BCUT2D eigenvalue weighted by Gasteiger charge is 2.23. The molecule has 1 heterocycles. The van der Waals surface area contributed by atoms with Crippen LogP contribution in [0.25, 0.3) is 0 Å². The molecule has 1 N–H and O–H groups in total. The van der Waals surface area contributed by atoms with Crippen LogP contribution < -0.4 is 5.32 Å². The lowest BCUT2D eigenvalue weighted by atomic mass is 10.0. The highest BCUT2D eigenvalue weighted by Crippen LogP contribution is 2.33. The Morgan fingerprint density at radius 2 is 1.95 bits per heavy atom. The first-order chi connectivity index (χ1) is 10.7. The average molecular weight is 311 g/mol. The molecule has 0 aromatic heterocycles. The van der Waals surface area contributed by atoms with E-state index in [0.717, 1.165) is 22.8 Å². The van der Waals surface area contributed by atoms with Gasteiger partial charge >= 0.3 is 0 Å². The van der Waals surface area contributed by atoms with Crippen molar-refractivity contribution in [3.63, 3.8) is 0 Å². The van der Waals surface area contributed by atoms with E-state index in [4.69, 9.17) is 0 Å². The minimum atomic E-state index is -0.164. The third-order valence-electron chi connectivity index (χ3n) is 3.76. The van der Waals surface area contributed by atoms with E-state index < -0.39 is 0 Å². The summed E-state index contributed by atoms with van der Waals surface area (Å²) in [6, 6.07) is 13.2. The van der Waals surface area contributed by atoms with Crippen LogP contribution in [0.4, 0.5) is 5.69 Å². The molecule has 1 aliphatic heterocycles. The number of Topliss-reactive ketones (excluding diaryl/α,β-unsaturated/α-hetero) is 1. The molecule has 0 atom stereocenters. The summed E-state index contributed by atoms with van der Waals surface area (Å²) in [4.78, 5) is 25.3. The molecule has 112 valence electrons. The van der Waals surface area contributed by atoms with Crippen molar-refractivity contribution in [2.45, 2.75) is 24.7 Å². The molecular weight excluding hydrogens is 294 g/mol. The minimum absolute atomic E-state index is 0.121. The van der Waals surface area contributed by atoms with Gasteiger partial charge in [0.1, 0.15) is 0 Å². The van der Waals surface area contributed by atoms with Crippen LogP contribution in [0.5, 0.6) is 0 Å². The van der Waals surface area contributed by atoms with Crippen molar-refractivity contribution in [2.75, 3.05) is 11.1 Å². The third-order valence-corrected chi connectivity index (χ3v) is 4.89. The lowest BCUT2D eigenvalue weighted by Gasteiger charge is -2.17. The zero-order valence-electron chi connectivity index (χ0n) is 12.4. The Kier molecular flexibility index (Phi) is 4.29. The molecule has 1 aliphatic rings. The van der Waals surface area contributed by atoms with E-state index >= 15 is 0 Å². The van der Waals surface area contributed by atoms with Crippen LogP contribution in [0.15, 0.2) is 47.4 Å². The fraction of sp³-hybridized carbons (Fsp3) is 0.222. The molecule has 0 bridgehead atoms. The van der Waals surface area contributed by atoms with E-state index in [1.807, 2.05) is 24.3 Å². The van der Waals surface area contributed by atoms with Gasteiger partial charge < -0.3 is 5.32 Å². The number of carbonyl (C=O) groups is 2. The Hall–Kier alpha value is -2.07. The van der Waals surface area contributed by atoms with Crippen LogP contribution in [-0.4, -0.2) is 17.4 Å². The van der Waals surface area contributed by atoms with Gasteiger partial charge in [-0.15, -0.1) is 11.8 Å². The maximum Gasteiger partial charge on any atom is 0.256 e. The summed E-state index contributed by atoms with van der Waals surface area (Å²) in [5.74, 6) is 0.695. The normalized spacial score (nSPS) is 13.6. The SMILES string of the molecule is CCc1ccc(NC(=O)c2cccc3c2SCCC3=O)cc1. The van der Waals surface area contributed by atoms with E-state index in [9.17, 15) is 9.59 Å². The van der Waals surface area contributed by atoms with E-state index in [-0.39, 0.29) is 11.7 Å². The van der Waals surface area contributed by atoms with Gasteiger partial charge in [0.05, 0.1) is 5.56 Å². The van der Waals surface area contributed by atoms with Crippen molar-refractivity contribution in [1.29, 1.82) is 0 Å².